The molecule has 0 spiro atoms. The fourth-order valence-electron chi connectivity index (χ4n) is 1.27. The molecule has 1 aromatic rings. The van der Waals surface area contributed by atoms with Crippen LogP contribution in [-0.2, 0) is 11.3 Å². The van der Waals surface area contributed by atoms with E-state index in [1.807, 2.05) is 30.3 Å². The minimum atomic E-state index is -4.24. The first kappa shape index (κ1) is 13.8. The van der Waals surface area contributed by atoms with Gasteiger partial charge in [-0.2, -0.15) is 13.2 Å². The topological polar surface area (TPSA) is 9.23 Å². The maximum Gasteiger partial charge on any atom is 0.409 e. The van der Waals surface area contributed by atoms with Crippen molar-refractivity contribution in [1.82, 2.24) is 0 Å². The third kappa shape index (κ3) is 6.79. The summed E-state index contributed by atoms with van der Waals surface area (Å²) in [4.78, 5) is 0. The Labute approximate surface area is 98.9 Å². The van der Waals surface area contributed by atoms with E-state index in [-0.39, 0.29) is 18.6 Å². The molecule has 0 saturated carbocycles. The second kappa shape index (κ2) is 6.45. The Morgan fingerprint density at radius 2 is 1.88 bits per heavy atom. The summed E-state index contributed by atoms with van der Waals surface area (Å²) in [5, 5.41) is 0. The Hall–Kier alpha value is -1.29. The highest BCUT2D eigenvalue weighted by Crippen LogP contribution is 2.17. The average molecular weight is 244 g/mol. The van der Waals surface area contributed by atoms with Gasteiger partial charge in [-0.05, 0) is 11.5 Å². The van der Waals surface area contributed by atoms with Gasteiger partial charge >= 0.3 is 6.18 Å². The van der Waals surface area contributed by atoms with Crippen LogP contribution in [0.5, 0.6) is 0 Å². The zero-order valence-electron chi connectivity index (χ0n) is 9.58. The van der Waals surface area contributed by atoms with Gasteiger partial charge in [0, 0.05) is 6.08 Å². The van der Waals surface area contributed by atoms with Gasteiger partial charge in [0.2, 0.25) is 0 Å². The SMILES string of the molecule is CC(/C=C/C(F)(F)F)COCc1ccccc1. The van der Waals surface area contributed by atoms with Crippen LogP contribution in [0.25, 0.3) is 0 Å². The highest BCUT2D eigenvalue weighted by atomic mass is 19.4. The molecule has 0 saturated heterocycles. The molecule has 94 valence electrons. The van der Waals surface area contributed by atoms with E-state index in [0.717, 1.165) is 11.6 Å². The third-order valence-electron chi connectivity index (χ3n) is 2.11. The Morgan fingerprint density at radius 1 is 1.24 bits per heavy atom. The van der Waals surface area contributed by atoms with Gasteiger partial charge in [-0.25, -0.2) is 0 Å². The Bertz CT molecular complexity index is 343. The van der Waals surface area contributed by atoms with Gasteiger partial charge in [-0.1, -0.05) is 43.3 Å². The lowest BCUT2D eigenvalue weighted by Gasteiger charge is -2.08. The lowest BCUT2D eigenvalue weighted by Crippen LogP contribution is -2.06. The van der Waals surface area contributed by atoms with E-state index in [0.29, 0.717) is 6.61 Å². The standard InChI is InChI=1S/C13H15F3O/c1-11(7-8-13(14,15)16)9-17-10-12-5-3-2-4-6-12/h2-8,11H,9-10H2,1H3/b8-7+. The van der Waals surface area contributed by atoms with Crippen molar-refractivity contribution in [3.8, 4) is 0 Å². The summed E-state index contributed by atoms with van der Waals surface area (Å²) < 4.78 is 41.0. The summed E-state index contributed by atoms with van der Waals surface area (Å²) in [6.07, 6.45) is -2.87. The van der Waals surface area contributed by atoms with Gasteiger partial charge in [-0.15, -0.1) is 0 Å². The van der Waals surface area contributed by atoms with Crippen molar-refractivity contribution < 1.29 is 17.9 Å². The van der Waals surface area contributed by atoms with E-state index in [2.05, 4.69) is 0 Å². The van der Waals surface area contributed by atoms with E-state index < -0.39 is 6.18 Å². The number of benzene rings is 1. The number of allylic oxidation sites excluding steroid dienone is 1. The lowest BCUT2D eigenvalue weighted by atomic mass is 10.2. The fraction of sp³-hybridized carbons (Fsp3) is 0.385. The van der Waals surface area contributed by atoms with Crippen molar-refractivity contribution in [3.63, 3.8) is 0 Å². The predicted molar refractivity (Wildman–Crippen MR) is 60.5 cm³/mol. The van der Waals surface area contributed by atoms with Gasteiger partial charge in [-0.3, -0.25) is 0 Å². The maximum atomic E-state index is 11.9. The smallest absolute Gasteiger partial charge is 0.376 e. The zero-order valence-corrected chi connectivity index (χ0v) is 9.58. The van der Waals surface area contributed by atoms with Crippen LogP contribution in [0, 0.1) is 5.92 Å². The largest absolute Gasteiger partial charge is 0.409 e. The van der Waals surface area contributed by atoms with Gasteiger partial charge in [0.15, 0.2) is 0 Å². The highest BCUT2D eigenvalue weighted by molar-refractivity contribution is 5.13. The first-order chi connectivity index (χ1) is 7.97. The number of hydrogen-bond donors (Lipinski definition) is 0. The van der Waals surface area contributed by atoms with Gasteiger partial charge in [0.1, 0.15) is 0 Å². The number of hydrogen-bond acceptors (Lipinski definition) is 1. The number of alkyl halides is 3. The molecule has 17 heavy (non-hydrogen) atoms. The molecule has 0 aliphatic heterocycles. The lowest BCUT2D eigenvalue weighted by molar-refractivity contribution is -0.0803. The summed E-state index contributed by atoms with van der Waals surface area (Å²) in [5.41, 5.74) is 1.01. The molecule has 0 aliphatic rings. The number of ether oxygens (including phenoxy) is 1. The van der Waals surface area contributed by atoms with Gasteiger partial charge in [0.05, 0.1) is 13.2 Å². The Balaban J connectivity index is 2.25. The molecular weight excluding hydrogens is 229 g/mol. The van der Waals surface area contributed by atoms with E-state index in [1.54, 1.807) is 6.92 Å². The molecule has 0 heterocycles. The van der Waals surface area contributed by atoms with Crippen LogP contribution in [-0.4, -0.2) is 12.8 Å². The van der Waals surface area contributed by atoms with E-state index in [9.17, 15) is 13.2 Å². The molecule has 0 bridgehead atoms. The summed E-state index contributed by atoms with van der Waals surface area (Å²) in [5.74, 6) is -0.250. The maximum absolute atomic E-state index is 11.9. The number of halogens is 3. The van der Waals surface area contributed by atoms with Gasteiger partial charge in [0.25, 0.3) is 0 Å². The molecule has 0 amide bonds. The second-order valence-electron chi connectivity index (χ2n) is 3.88. The molecule has 0 fully saturated rings. The molecule has 0 aliphatic carbocycles. The minimum absolute atomic E-state index is 0.250. The van der Waals surface area contributed by atoms with Crippen molar-refractivity contribution in [3.05, 3.63) is 48.0 Å². The van der Waals surface area contributed by atoms with Crippen LogP contribution in [0.3, 0.4) is 0 Å². The summed E-state index contributed by atoms with van der Waals surface area (Å²) in [7, 11) is 0. The third-order valence-corrected chi connectivity index (χ3v) is 2.11. The monoisotopic (exact) mass is 244 g/mol. The molecule has 1 rings (SSSR count). The molecule has 1 unspecified atom stereocenters. The van der Waals surface area contributed by atoms with Gasteiger partial charge < -0.3 is 4.74 Å². The Kier molecular flexibility index (Phi) is 5.22. The van der Waals surface area contributed by atoms with Crippen molar-refractivity contribution >= 4 is 0 Å². The van der Waals surface area contributed by atoms with E-state index in [4.69, 9.17) is 4.74 Å². The number of rotatable bonds is 5. The molecule has 1 atom stereocenters. The zero-order chi connectivity index (χ0) is 12.7. The molecule has 4 heteroatoms. The normalized spacial score (nSPS) is 14.1. The van der Waals surface area contributed by atoms with Crippen LogP contribution >= 0.6 is 0 Å². The second-order valence-corrected chi connectivity index (χ2v) is 3.88. The van der Waals surface area contributed by atoms with Crippen LogP contribution in [0.2, 0.25) is 0 Å². The van der Waals surface area contributed by atoms with Crippen LogP contribution in [0.15, 0.2) is 42.5 Å². The predicted octanol–water partition coefficient (Wildman–Crippen LogP) is 3.96. The molecule has 1 aromatic carbocycles. The van der Waals surface area contributed by atoms with Crippen molar-refractivity contribution in [1.29, 1.82) is 0 Å². The van der Waals surface area contributed by atoms with Crippen LogP contribution in [0.1, 0.15) is 12.5 Å². The van der Waals surface area contributed by atoms with Crippen molar-refractivity contribution in [2.75, 3.05) is 6.61 Å². The van der Waals surface area contributed by atoms with Crippen LogP contribution < -0.4 is 0 Å². The molecule has 0 N–H and O–H groups in total. The highest BCUT2D eigenvalue weighted by Gasteiger charge is 2.22. The summed E-state index contributed by atoms with van der Waals surface area (Å²) >= 11 is 0. The molecule has 1 nitrogen and oxygen atoms in total. The van der Waals surface area contributed by atoms with E-state index >= 15 is 0 Å². The van der Waals surface area contributed by atoms with Crippen LogP contribution in [0.4, 0.5) is 13.2 Å². The quantitative estimate of drug-likeness (QED) is 0.712. The van der Waals surface area contributed by atoms with Crippen molar-refractivity contribution in [2.24, 2.45) is 5.92 Å². The average Bonchev–Trinajstić information content (AvgIpc) is 2.27. The molecule has 0 aromatic heterocycles. The Morgan fingerprint density at radius 3 is 2.47 bits per heavy atom. The van der Waals surface area contributed by atoms with Crippen molar-refractivity contribution in [2.45, 2.75) is 19.7 Å². The van der Waals surface area contributed by atoms with E-state index in [1.165, 1.54) is 0 Å². The summed E-state index contributed by atoms with van der Waals surface area (Å²) in [6, 6.07) is 9.52. The fourth-order valence-corrected chi connectivity index (χ4v) is 1.27. The molecule has 0 radical (unpaired) electrons. The summed E-state index contributed by atoms with van der Waals surface area (Å²) in [6.45, 7) is 2.39. The first-order valence-electron chi connectivity index (χ1n) is 5.35. The minimum Gasteiger partial charge on any atom is -0.376 e. The molecular formula is C13H15F3O. The first-order valence-corrected chi connectivity index (χ1v) is 5.35.